The van der Waals surface area contributed by atoms with E-state index in [0.717, 1.165) is 35.7 Å². The minimum Gasteiger partial charge on any atom is -0.334 e. The topological polar surface area (TPSA) is 38.1 Å². The average molecular weight is 318 g/mol. The summed E-state index contributed by atoms with van der Waals surface area (Å²) in [4.78, 5) is 14.7. The predicted molar refractivity (Wildman–Crippen MR) is 87.2 cm³/mol. The number of carbonyl (C=O) groups excluding carboxylic acids is 1. The van der Waals surface area contributed by atoms with Gasteiger partial charge >= 0.3 is 0 Å². The second-order valence-electron chi connectivity index (χ2n) is 5.75. The lowest BCUT2D eigenvalue weighted by Crippen LogP contribution is -2.36. The van der Waals surface area contributed by atoms with Gasteiger partial charge in [-0.3, -0.25) is 9.48 Å². The molecule has 0 bridgehead atoms. The number of hydrogen-bond donors (Lipinski definition) is 0. The normalized spacial score (nSPS) is 14.0. The summed E-state index contributed by atoms with van der Waals surface area (Å²) < 4.78 is 1.86. The second-order valence-corrected chi connectivity index (χ2v) is 6.15. The molecule has 0 radical (unpaired) electrons. The van der Waals surface area contributed by atoms with E-state index in [-0.39, 0.29) is 5.91 Å². The number of halogens is 1. The highest BCUT2D eigenvalue weighted by molar-refractivity contribution is 6.31. The van der Waals surface area contributed by atoms with Crippen LogP contribution in [0.25, 0.3) is 0 Å². The number of amides is 1. The monoisotopic (exact) mass is 317 g/mol. The summed E-state index contributed by atoms with van der Waals surface area (Å²) in [6, 6.07) is 5.91. The van der Waals surface area contributed by atoms with Gasteiger partial charge in [-0.1, -0.05) is 30.7 Å². The van der Waals surface area contributed by atoms with Gasteiger partial charge < -0.3 is 4.90 Å². The van der Waals surface area contributed by atoms with Gasteiger partial charge in [0.05, 0.1) is 11.3 Å². The summed E-state index contributed by atoms with van der Waals surface area (Å²) in [7, 11) is 0. The molecule has 0 atom stereocenters. The van der Waals surface area contributed by atoms with Crippen molar-refractivity contribution < 1.29 is 4.79 Å². The zero-order chi connectivity index (χ0) is 15.7. The molecule has 0 N–H and O–H groups in total. The molecule has 0 spiro atoms. The summed E-state index contributed by atoms with van der Waals surface area (Å²) >= 11 is 6.23. The van der Waals surface area contributed by atoms with E-state index in [2.05, 4.69) is 12.0 Å². The molecular weight excluding hydrogens is 298 g/mol. The summed E-state index contributed by atoms with van der Waals surface area (Å²) in [6.07, 6.45) is 3.68. The maximum Gasteiger partial charge on any atom is 0.257 e. The largest absolute Gasteiger partial charge is 0.334 e. The predicted octanol–water partition coefficient (Wildman–Crippen LogP) is 3.45. The number of hydrogen-bond acceptors (Lipinski definition) is 2. The number of nitrogens with zero attached hydrogens (tertiary/aromatic N) is 3. The third kappa shape index (κ3) is 2.75. The van der Waals surface area contributed by atoms with E-state index in [1.165, 1.54) is 5.56 Å². The molecule has 2 aromatic rings. The molecule has 0 saturated heterocycles. The SMILES string of the molecule is CCCn1cc(C(=O)N2CCc3c(Cl)cccc3C2)c(C)n1. The van der Waals surface area contributed by atoms with Crippen molar-refractivity contribution in [3.8, 4) is 0 Å². The summed E-state index contributed by atoms with van der Waals surface area (Å²) in [5, 5.41) is 5.23. The first kappa shape index (κ1) is 15.1. The smallest absolute Gasteiger partial charge is 0.257 e. The molecule has 0 saturated carbocycles. The molecule has 0 fully saturated rings. The third-order valence-electron chi connectivity index (χ3n) is 4.13. The van der Waals surface area contributed by atoms with Crippen molar-refractivity contribution in [1.29, 1.82) is 0 Å². The molecule has 1 amide bonds. The molecule has 0 aliphatic carbocycles. The van der Waals surface area contributed by atoms with Gasteiger partial charge in [0.15, 0.2) is 0 Å². The number of rotatable bonds is 3. The summed E-state index contributed by atoms with van der Waals surface area (Å²) in [5.41, 5.74) is 3.83. The van der Waals surface area contributed by atoms with Crippen molar-refractivity contribution in [2.24, 2.45) is 0 Å². The maximum absolute atomic E-state index is 12.8. The average Bonchev–Trinajstić information content (AvgIpc) is 2.87. The van der Waals surface area contributed by atoms with E-state index in [0.29, 0.717) is 18.7 Å². The molecule has 22 heavy (non-hydrogen) atoms. The Hall–Kier alpha value is -1.81. The van der Waals surface area contributed by atoms with Crippen LogP contribution in [0.4, 0.5) is 0 Å². The number of carbonyl (C=O) groups is 1. The Morgan fingerprint density at radius 3 is 3.00 bits per heavy atom. The van der Waals surface area contributed by atoms with Gasteiger partial charge in [0, 0.05) is 30.9 Å². The molecule has 3 rings (SSSR count). The van der Waals surface area contributed by atoms with Crippen molar-refractivity contribution in [3.05, 3.63) is 51.8 Å². The number of fused-ring (bicyclic) bond motifs is 1. The van der Waals surface area contributed by atoms with Crippen LogP contribution >= 0.6 is 11.6 Å². The van der Waals surface area contributed by atoms with Crippen LogP contribution in [0.15, 0.2) is 24.4 Å². The highest BCUT2D eigenvalue weighted by Gasteiger charge is 2.25. The van der Waals surface area contributed by atoms with Gasteiger partial charge in [-0.05, 0) is 37.0 Å². The van der Waals surface area contributed by atoms with Crippen LogP contribution in [0, 0.1) is 6.92 Å². The fourth-order valence-corrected chi connectivity index (χ4v) is 3.27. The Balaban J connectivity index is 1.82. The highest BCUT2D eigenvalue weighted by atomic mass is 35.5. The molecule has 116 valence electrons. The maximum atomic E-state index is 12.8. The van der Waals surface area contributed by atoms with Crippen LogP contribution in [0.3, 0.4) is 0 Å². The van der Waals surface area contributed by atoms with Crippen LogP contribution < -0.4 is 0 Å². The summed E-state index contributed by atoms with van der Waals surface area (Å²) in [6.45, 7) is 6.16. The first-order chi connectivity index (χ1) is 10.6. The molecule has 5 heteroatoms. The third-order valence-corrected chi connectivity index (χ3v) is 4.48. The van der Waals surface area contributed by atoms with Gasteiger partial charge in [-0.15, -0.1) is 0 Å². The van der Waals surface area contributed by atoms with Crippen LogP contribution in [-0.4, -0.2) is 27.1 Å². The van der Waals surface area contributed by atoms with E-state index < -0.39 is 0 Å². The molecule has 1 aromatic carbocycles. The minimum atomic E-state index is 0.0606. The lowest BCUT2D eigenvalue weighted by molar-refractivity contribution is 0.0734. The standard InChI is InChI=1S/C17H20ClN3O/c1-3-8-21-11-15(12(2)19-21)17(22)20-9-7-14-13(10-20)5-4-6-16(14)18/h4-6,11H,3,7-10H2,1-2H3. The Morgan fingerprint density at radius 1 is 1.41 bits per heavy atom. The molecular formula is C17H20ClN3O. The Kier molecular flexibility index (Phi) is 4.21. The molecule has 2 heterocycles. The van der Waals surface area contributed by atoms with Crippen molar-refractivity contribution in [3.63, 3.8) is 0 Å². The lowest BCUT2D eigenvalue weighted by atomic mass is 9.99. The molecule has 0 unspecified atom stereocenters. The van der Waals surface area contributed by atoms with Gasteiger partial charge in [-0.25, -0.2) is 0 Å². The van der Waals surface area contributed by atoms with Gasteiger partial charge in [0.1, 0.15) is 0 Å². The van der Waals surface area contributed by atoms with Crippen molar-refractivity contribution in [2.45, 2.75) is 39.8 Å². The van der Waals surface area contributed by atoms with Crippen molar-refractivity contribution in [2.75, 3.05) is 6.54 Å². The fourth-order valence-electron chi connectivity index (χ4n) is 2.98. The zero-order valence-electron chi connectivity index (χ0n) is 13.0. The Morgan fingerprint density at radius 2 is 2.23 bits per heavy atom. The Labute approximate surface area is 135 Å². The lowest BCUT2D eigenvalue weighted by Gasteiger charge is -2.29. The van der Waals surface area contributed by atoms with Crippen LogP contribution in [0.2, 0.25) is 5.02 Å². The van der Waals surface area contributed by atoms with Gasteiger partial charge in [0.2, 0.25) is 0 Å². The van der Waals surface area contributed by atoms with Crippen LogP contribution in [0.5, 0.6) is 0 Å². The fraction of sp³-hybridized carbons (Fsp3) is 0.412. The van der Waals surface area contributed by atoms with E-state index in [1.807, 2.05) is 40.9 Å². The molecule has 1 aliphatic rings. The Bertz CT molecular complexity index is 708. The van der Waals surface area contributed by atoms with Crippen LogP contribution in [0.1, 0.15) is 40.5 Å². The number of benzene rings is 1. The molecule has 4 nitrogen and oxygen atoms in total. The van der Waals surface area contributed by atoms with E-state index in [9.17, 15) is 4.79 Å². The second kappa shape index (κ2) is 6.13. The number of aryl methyl sites for hydroxylation is 2. The van der Waals surface area contributed by atoms with Gasteiger partial charge in [-0.2, -0.15) is 5.10 Å². The first-order valence-electron chi connectivity index (χ1n) is 7.69. The minimum absolute atomic E-state index is 0.0606. The summed E-state index contributed by atoms with van der Waals surface area (Å²) in [5.74, 6) is 0.0606. The van der Waals surface area contributed by atoms with Gasteiger partial charge in [0.25, 0.3) is 5.91 Å². The number of aromatic nitrogens is 2. The van der Waals surface area contributed by atoms with E-state index in [1.54, 1.807) is 0 Å². The zero-order valence-corrected chi connectivity index (χ0v) is 13.7. The first-order valence-corrected chi connectivity index (χ1v) is 8.07. The van der Waals surface area contributed by atoms with E-state index in [4.69, 9.17) is 11.6 Å². The van der Waals surface area contributed by atoms with Crippen LogP contribution in [-0.2, 0) is 19.5 Å². The quantitative estimate of drug-likeness (QED) is 0.869. The highest BCUT2D eigenvalue weighted by Crippen LogP contribution is 2.27. The molecule has 1 aromatic heterocycles. The molecule has 1 aliphatic heterocycles. The van der Waals surface area contributed by atoms with E-state index >= 15 is 0 Å². The van der Waals surface area contributed by atoms with Crippen molar-refractivity contribution >= 4 is 17.5 Å². The van der Waals surface area contributed by atoms with Crippen molar-refractivity contribution in [1.82, 2.24) is 14.7 Å².